The van der Waals surface area contributed by atoms with Crippen LogP contribution in [0.2, 0.25) is 0 Å². The van der Waals surface area contributed by atoms with Crippen molar-refractivity contribution >= 4 is 5.91 Å². The minimum atomic E-state index is -0.0795. The molecular formula is C15H24N2O4. The summed E-state index contributed by atoms with van der Waals surface area (Å²) < 4.78 is 15.8. The normalized spacial score (nSPS) is 10.3. The molecule has 0 radical (unpaired) electrons. The SMILES string of the molecule is COCCNCc1cc(OC)ccc1OCC(=O)N(C)C. The predicted molar refractivity (Wildman–Crippen MR) is 80.8 cm³/mol. The summed E-state index contributed by atoms with van der Waals surface area (Å²) in [7, 11) is 6.68. The van der Waals surface area contributed by atoms with E-state index in [-0.39, 0.29) is 12.5 Å². The van der Waals surface area contributed by atoms with Gasteiger partial charge in [0, 0.05) is 39.9 Å². The van der Waals surface area contributed by atoms with Crippen LogP contribution in [0.1, 0.15) is 5.56 Å². The number of nitrogens with one attached hydrogen (secondary N) is 1. The van der Waals surface area contributed by atoms with Gasteiger partial charge >= 0.3 is 0 Å². The molecule has 1 rings (SSSR count). The third kappa shape index (κ3) is 6.01. The third-order valence-electron chi connectivity index (χ3n) is 2.92. The van der Waals surface area contributed by atoms with Crippen molar-refractivity contribution in [2.24, 2.45) is 0 Å². The van der Waals surface area contributed by atoms with Crippen LogP contribution in [0.4, 0.5) is 0 Å². The van der Waals surface area contributed by atoms with Crippen LogP contribution in [0.3, 0.4) is 0 Å². The van der Waals surface area contributed by atoms with E-state index in [9.17, 15) is 4.79 Å². The molecule has 0 aliphatic rings. The third-order valence-corrected chi connectivity index (χ3v) is 2.92. The van der Waals surface area contributed by atoms with Crippen molar-refractivity contribution in [3.8, 4) is 11.5 Å². The number of hydrogen-bond acceptors (Lipinski definition) is 5. The number of ether oxygens (including phenoxy) is 3. The first kappa shape index (κ1) is 17.3. The highest BCUT2D eigenvalue weighted by Crippen LogP contribution is 2.24. The van der Waals surface area contributed by atoms with E-state index in [4.69, 9.17) is 14.2 Å². The number of benzene rings is 1. The van der Waals surface area contributed by atoms with E-state index in [2.05, 4.69) is 5.32 Å². The molecule has 1 aromatic carbocycles. The van der Waals surface area contributed by atoms with Gasteiger partial charge in [0.25, 0.3) is 5.91 Å². The second-order valence-electron chi connectivity index (χ2n) is 4.72. The van der Waals surface area contributed by atoms with Gasteiger partial charge in [-0.2, -0.15) is 0 Å². The molecule has 0 bridgehead atoms. The molecule has 0 saturated carbocycles. The van der Waals surface area contributed by atoms with Gasteiger partial charge < -0.3 is 24.4 Å². The molecule has 0 aromatic heterocycles. The van der Waals surface area contributed by atoms with E-state index in [1.54, 1.807) is 28.3 Å². The molecule has 1 amide bonds. The molecule has 118 valence electrons. The maximum absolute atomic E-state index is 11.6. The van der Waals surface area contributed by atoms with Crippen molar-refractivity contribution in [2.75, 3.05) is 48.1 Å². The average Bonchev–Trinajstić information content (AvgIpc) is 2.49. The van der Waals surface area contributed by atoms with Gasteiger partial charge in [0.2, 0.25) is 0 Å². The van der Waals surface area contributed by atoms with Crippen LogP contribution in [0, 0.1) is 0 Å². The highest BCUT2D eigenvalue weighted by Gasteiger charge is 2.09. The van der Waals surface area contributed by atoms with Crippen LogP contribution in [0.5, 0.6) is 11.5 Å². The molecule has 0 spiro atoms. The van der Waals surface area contributed by atoms with Crippen LogP contribution in [0.15, 0.2) is 18.2 Å². The Balaban J connectivity index is 2.69. The molecule has 0 aliphatic heterocycles. The Hall–Kier alpha value is -1.79. The van der Waals surface area contributed by atoms with E-state index >= 15 is 0 Å². The summed E-state index contributed by atoms with van der Waals surface area (Å²) in [6.45, 7) is 2.01. The lowest BCUT2D eigenvalue weighted by atomic mass is 10.2. The van der Waals surface area contributed by atoms with Crippen LogP contribution >= 0.6 is 0 Å². The van der Waals surface area contributed by atoms with Gasteiger partial charge in [-0.15, -0.1) is 0 Å². The van der Waals surface area contributed by atoms with Crippen molar-refractivity contribution in [2.45, 2.75) is 6.54 Å². The van der Waals surface area contributed by atoms with E-state index in [0.29, 0.717) is 18.9 Å². The van der Waals surface area contributed by atoms with E-state index in [0.717, 1.165) is 17.9 Å². The minimum Gasteiger partial charge on any atom is -0.497 e. The Morgan fingerprint density at radius 2 is 2.05 bits per heavy atom. The maximum atomic E-state index is 11.6. The zero-order valence-corrected chi connectivity index (χ0v) is 13.1. The van der Waals surface area contributed by atoms with Crippen molar-refractivity contribution in [3.05, 3.63) is 23.8 Å². The molecule has 0 saturated heterocycles. The lowest BCUT2D eigenvalue weighted by molar-refractivity contribution is -0.130. The Morgan fingerprint density at radius 3 is 2.67 bits per heavy atom. The van der Waals surface area contributed by atoms with Gasteiger partial charge in [0.05, 0.1) is 13.7 Å². The summed E-state index contributed by atoms with van der Waals surface area (Å²) in [5.74, 6) is 1.35. The van der Waals surface area contributed by atoms with Crippen molar-refractivity contribution in [3.63, 3.8) is 0 Å². The monoisotopic (exact) mass is 296 g/mol. The summed E-state index contributed by atoms with van der Waals surface area (Å²) in [5, 5.41) is 3.25. The predicted octanol–water partition coefficient (Wildman–Crippen LogP) is 0.898. The zero-order chi connectivity index (χ0) is 15.7. The summed E-state index contributed by atoms with van der Waals surface area (Å²) in [4.78, 5) is 13.1. The molecular weight excluding hydrogens is 272 g/mol. The number of methoxy groups -OCH3 is 2. The molecule has 0 fully saturated rings. The van der Waals surface area contributed by atoms with Crippen molar-refractivity contribution in [1.82, 2.24) is 10.2 Å². The number of carbonyl (C=O) groups excluding carboxylic acids is 1. The van der Waals surface area contributed by atoms with Gasteiger partial charge in [-0.1, -0.05) is 0 Å². The summed E-state index contributed by atoms with van der Waals surface area (Å²) in [6.07, 6.45) is 0. The van der Waals surface area contributed by atoms with Crippen LogP contribution in [-0.4, -0.2) is 58.9 Å². The van der Waals surface area contributed by atoms with Crippen LogP contribution < -0.4 is 14.8 Å². The zero-order valence-electron chi connectivity index (χ0n) is 13.1. The number of rotatable bonds is 9. The first-order valence-corrected chi connectivity index (χ1v) is 6.78. The Kier molecular flexibility index (Phi) is 7.56. The number of hydrogen-bond donors (Lipinski definition) is 1. The molecule has 0 unspecified atom stereocenters. The van der Waals surface area contributed by atoms with Gasteiger partial charge in [0.15, 0.2) is 6.61 Å². The molecule has 21 heavy (non-hydrogen) atoms. The van der Waals surface area contributed by atoms with Gasteiger partial charge in [-0.25, -0.2) is 0 Å². The molecule has 0 aliphatic carbocycles. The highest BCUT2D eigenvalue weighted by atomic mass is 16.5. The van der Waals surface area contributed by atoms with E-state index in [1.807, 2.05) is 18.2 Å². The summed E-state index contributed by atoms with van der Waals surface area (Å²) in [6, 6.07) is 5.53. The first-order valence-electron chi connectivity index (χ1n) is 6.78. The largest absolute Gasteiger partial charge is 0.497 e. The van der Waals surface area contributed by atoms with Gasteiger partial charge in [0.1, 0.15) is 11.5 Å². The van der Waals surface area contributed by atoms with Crippen LogP contribution in [-0.2, 0) is 16.1 Å². The second-order valence-corrected chi connectivity index (χ2v) is 4.72. The maximum Gasteiger partial charge on any atom is 0.259 e. The Bertz CT molecular complexity index is 449. The topological polar surface area (TPSA) is 60.0 Å². The smallest absolute Gasteiger partial charge is 0.259 e. The Labute approximate surface area is 126 Å². The molecule has 6 heteroatoms. The number of likely N-dealkylation sites (N-methyl/N-ethyl adjacent to an activating group) is 1. The molecule has 0 atom stereocenters. The standard InChI is InChI=1S/C15H24N2O4/c1-17(2)15(18)11-21-14-6-5-13(20-4)9-12(14)10-16-7-8-19-3/h5-6,9,16H,7-8,10-11H2,1-4H3. The van der Waals surface area contributed by atoms with Gasteiger partial charge in [-0.3, -0.25) is 4.79 Å². The van der Waals surface area contributed by atoms with E-state index in [1.165, 1.54) is 4.90 Å². The lowest BCUT2D eigenvalue weighted by Gasteiger charge is -2.15. The Morgan fingerprint density at radius 1 is 1.29 bits per heavy atom. The highest BCUT2D eigenvalue weighted by molar-refractivity contribution is 5.77. The van der Waals surface area contributed by atoms with Crippen molar-refractivity contribution < 1.29 is 19.0 Å². The fraction of sp³-hybridized carbons (Fsp3) is 0.533. The number of nitrogens with zero attached hydrogens (tertiary/aromatic N) is 1. The molecule has 1 N–H and O–H groups in total. The fourth-order valence-electron chi connectivity index (χ4n) is 1.63. The second kappa shape index (κ2) is 9.20. The average molecular weight is 296 g/mol. The molecule has 1 aromatic rings. The summed E-state index contributed by atoms with van der Waals surface area (Å²) in [5.41, 5.74) is 0.942. The number of amides is 1. The van der Waals surface area contributed by atoms with Crippen LogP contribution in [0.25, 0.3) is 0 Å². The number of carbonyl (C=O) groups is 1. The fourth-order valence-corrected chi connectivity index (χ4v) is 1.63. The quantitative estimate of drug-likeness (QED) is 0.686. The summed E-state index contributed by atoms with van der Waals surface area (Å²) >= 11 is 0. The van der Waals surface area contributed by atoms with Gasteiger partial charge in [-0.05, 0) is 18.2 Å². The first-order chi connectivity index (χ1) is 10.1. The van der Waals surface area contributed by atoms with E-state index < -0.39 is 0 Å². The molecule has 6 nitrogen and oxygen atoms in total. The van der Waals surface area contributed by atoms with Crippen molar-refractivity contribution in [1.29, 1.82) is 0 Å². The molecule has 0 heterocycles. The minimum absolute atomic E-state index is 0.0183. The lowest BCUT2D eigenvalue weighted by Crippen LogP contribution is -2.28.